The van der Waals surface area contributed by atoms with E-state index >= 15 is 0 Å². The van der Waals surface area contributed by atoms with Crippen molar-refractivity contribution in [1.82, 2.24) is 0 Å². The number of hydrogen-bond donors (Lipinski definition) is 0. The van der Waals surface area contributed by atoms with Gasteiger partial charge in [0.1, 0.15) is 0 Å². The molecule has 3 aromatic carbocycles. The maximum atomic E-state index is 3.65. The monoisotopic (exact) mass is 386 g/mol. The van der Waals surface area contributed by atoms with Gasteiger partial charge in [-0.05, 0) is 66.2 Å². The van der Waals surface area contributed by atoms with Crippen LogP contribution in [0.2, 0.25) is 0 Å². The SMILES string of the molecule is Brc1cccc(-c2cccc(-c3ccccc3)c2)c1Br. The molecule has 0 nitrogen and oxygen atoms in total. The molecule has 0 fully saturated rings. The van der Waals surface area contributed by atoms with Crippen LogP contribution in [-0.2, 0) is 0 Å². The van der Waals surface area contributed by atoms with Gasteiger partial charge in [0.25, 0.3) is 0 Å². The van der Waals surface area contributed by atoms with Gasteiger partial charge in [-0.25, -0.2) is 0 Å². The molecule has 0 bridgehead atoms. The van der Waals surface area contributed by atoms with E-state index in [1.807, 2.05) is 12.1 Å². The first-order chi connectivity index (χ1) is 9.75. The van der Waals surface area contributed by atoms with E-state index in [1.165, 1.54) is 22.3 Å². The largest absolute Gasteiger partial charge is 0.0622 e. The summed E-state index contributed by atoms with van der Waals surface area (Å²) in [5.74, 6) is 0. The highest BCUT2D eigenvalue weighted by Crippen LogP contribution is 2.35. The van der Waals surface area contributed by atoms with E-state index in [9.17, 15) is 0 Å². The molecule has 3 aromatic rings. The van der Waals surface area contributed by atoms with E-state index in [0.717, 1.165) is 8.95 Å². The fourth-order valence-corrected chi connectivity index (χ4v) is 3.08. The predicted molar refractivity (Wildman–Crippen MR) is 92.7 cm³/mol. The molecule has 2 heteroatoms. The summed E-state index contributed by atoms with van der Waals surface area (Å²) in [6.07, 6.45) is 0. The van der Waals surface area contributed by atoms with E-state index in [4.69, 9.17) is 0 Å². The zero-order chi connectivity index (χ0) is 13.9. The molecule has 98 valence electrons. The summed E-state index contributed by atoms with van der Waals surface area (Å²) in [7, 11) is 0. The second-order valence-corrected chi connectivity index (χ2v) is 6.20. The minimum Gasteiger partial charge on any atom is -0.0622 e. The molecule has 0 aliphatic carbocycles. The number of halogens is 2. The van der Waals surface area contributed by atoms with Crippen molar-refractivity contribution >= 4 is 31.9 Å². The summed E-state index contributed by atoms with van der Waals surface area (Å²) in [4.78, 5) is 0. The van der Waals surface area contributed by atoms with Crippen LogP contribution in [0.4, 0.5) is 0 Å². The highest BCUT2D eigenvalue weighted by molar-refractivity contribution is 9.13. The summed E-state index contributed by atoms with van der Waals surface area (Å²) in [6.45, 7) is 0. The normalized spacial score (nSPS) is 10.5. The Kier molecular flexibility index (Phi) is 4.04. The summed E-state index contributed by atoms with van der Waals surface area (Å²) >= 11 is 7.21. The van der Waals surface area contributed by atoms with E-state index in [1.54, 1.807) is 0 Å². The molecule has 0 radical (unpaired) electrons. The Balaban J connectivity index is 2.10. The van der Waals surface area contributed by atoms with Gasteiger partial charge in [-0.3, -0.25) is 0 Å². The predicted octanol–water partition coefficient (Wildman–Crippen LogP) is 6.55. The molecule has 0 aliphatic heterocycles. The van der Waals surface area contributed by atoms with Gasteiger partial charge in [-0.1, -0.05) is 60.7 Å². The molecular weight excluding hydrogens is 376 g/mol. The Morgan fingerprint density at radius 3 is 2.00 bits per heavy atom. The van der Waals surface area contributed by atoms with E-state index in [2.05, 4.69) is 92.5 Å². The third-order valence-electron chi connectivity index (χ3n) is 3.23. The fourth-order valence-electron chi connectivity index (χ4n) is 2.22. The van der Waals surface area contributed by atoms with Crippen molar-refractivity contribution in [3.8, 4) is 22.3 Å². The molecule has 20 heavy (non-hydrogen) atoms. The lowest BCUT2D eigenvalue weighted by Crippen LogP contribution is -1.83. The summed E-state index contributed by atoms with van der Waals surface area (Å²) < 4.78 is 2.16. The molecule has 0 atom stereocenters. The average Bonchev–Trinajstić information content (AvgIpc) is 2.51. The lowest BCUT2D eigenvalue weighted by Gasteiger charge is -2.09. The van der Waals surface area contributed by atoms with E-state index < -0.39 is 0 Å². The highest BCUT2D eigenvalue weighted by Gasteiger charge is 2.07. The molecule has 0 spiro atoms. The highest BCUT2D eigenvalue weighted by atomic mass is 79.9. The summed E-state index contributed by atoms with van der Waals surface area (Å²) in [5, 5.41) is 0. The van der Waals surface area contributed by atoms with Gasteiger partial charge >= 0.3 is 0 Å². The quantitative estimate of drug-likeness (QED) is 0.467. The van der Waals surface area contributed by atoms with E-state index in [-0.39, 0.29) is 0 Å². The third-order valence-corrected chi connectivity index (χ3v) is 5.28. The fraction of sp³-hybridized carbons (Fsp3) is 0. The van der Waals surface area contributed by atoms with Gasteiger partial charge < -0.3 is 0 Å². The van der Waals surface area contributed by atoms with Crippen LogP contribution in [0.3, 0.4) is 0 Å². The summed E-state index contributed by atoms with van der Waals surface area (Å²) in [5.41, 5.74) is 4.87. The summed E-state index contributed by atoms with van der Waals surface area (Å²) in [6, 6.07) is 25.3. The molecule has 0 saturated carbocycles. The Labute approximate surface area is 135 Å². The molecule has 0 amide bonds. The minimum atomic E-state index is 1.07. The van der Waals surface area contributed by atoms with Crippen LogP contribution >= 0.6 is 31.9 Å². The second-order valence-electron chi connectivity index (χ2n) is 4.55. The Morgan fingerprint density at radius 1 is 0.550 bits per heavy atom. The molecule has 0 saturated heterocycles. The Hall–Kier alpha value is -1.38. The van der Waals surface area contributed by atoms with Crippen molar-refractivity contribution in [3.05, 3.63) is 81.7 Å². The van der Waals surface area contributed by atoms with Crippen molar-refractivity contribution < 1.29 is 0 Å². The van der Waals surface area contributed by atoms with Crippen LogP contribution in [0, 0.1) is 0 Å². The first-order valence-corrected chi connectivity index (χ1v) is 7.94. The van der Waals surface area contributed by atoms with Crippen LogP contribution in [0.1, 0.15) is 0 Å². The smallest absolute Gasteiger partial charge is 0.0395 e. The van der Waals surface area contributed by atoms with Gasteiger partial charge in [0, 0.05) is 8.95 Å². The van der Waals surface area contributed by atoms with Crippen LogP contribution in [0.5, 0.6) is 0 Å². The van der Waals surface area contributed by atoms with Gasteiger partial charge in [-0.15, -0.1) is 0 Å². The van der Waals surface area contributed by atoms with E-state index in [0.29, 0.717) is 0 Å². The lowest BCUT2D eigenvalue weighted by atomic mass is 9.99. The third kappa shape index (κ3) is 2.72. The zero-order valence-corrected chi connectivity index (χ0v) is 13.9. The number of benzene rings is 3. The lowest BCUT2D eigenvalue weighted by molar-refractivity contribution is 1.54. The second kappa shape index (κ2) is 5.94. The van der Waals surface area contributed by atoms with Crippen molar-refractivity contribution in [1.29, 1.82) is 0 Å². The molecule has 0 heterocycles. The zero-order valence-electron chi connectivity index (χ0n) is 10.7. The molecule has 0 unspecified atom stereocenters. The Morgan fingerprint density at radius 2 is 1.20 bits per heavy atom. The van der Waals surface area contributed by atoms with Gasteiger partial charge in [-0.2, -0.15) is 0 Å². The van der Waals surface area contributed by atoms with Crippen LogP contribution in [-0.4, -0.2) is 0 Å². The van der Waals surface area contributed by atoms with Gasteiger partial charge in [0.2, 0.25) is 0 Å². The molecule has 3 rings (SSSR count). The van der Waals surface area contributed by atoms with Gasteiger partial charge in [0.15, 0.2) is 0 Å². The number of hydrogen-bond acceptors (Lipinski definition) is 0. The van der Waals surface area contributed by atoms with Crippen LogP contribution < -0.4 is 0 Å². The maximum absolute atomic E-state index is 3.65. The van der Waals surface area contributed by atoms with Crippen molar-refractivity contribution in [3.63, 3.8) is 0 Å². The maximum Gasteiger partial charge on any atom is 0.0395 e. The Bertz CT molecular complexity index is 733. The van der Waals surface area contributed by atoms with Crippen molar-refractivity contribution in [2.75, 3.05) is 0 Å². The van der Waals surface area contributed by atoms with Crippen LogP contribution in [0.15, 0.2) is 81.7 Å². The van der Waals surface area contributed by atoms with Crippen molar-refractivity contribution in [2.45, 2.75) is 0 Å². The number of rotatable bonds is 2. The molecule has 0 aromatic heterocycles. The topological polar surface area (TPSA) is 0 Å². The molecular formula is C18H12Br2. The van der Waals surface area contributed by atoms with Gasteiger partial charge in [0.05, 0.1) is 0 Å². The molecule has 0 aliphatic rings. The standard InChI is InChI=1S/C18H12Br2/c19-17-11-5-10-16(18(17)20)15-9-4-8-14(12-15)13-6-2-1-3-7-13/h1-12H. The first-order valence-electron chi connectivity index (χ1n) is 6.35. The first kappa shape index (κ1) is 13.6. The minimum absolute atomic E-state index is 1.07. The molecule has 0 N–H and O–H groups in total. The average molecular weight is 388 g/mol. The van der Waals surface area contributed by atoms with Crippen molar-refractivity contribution in [2.24, 2.45) is 0 Å². The van der Waals surface area contributed by atoms with Crippen LogP contribution in [0.25, 0.3) is 22.3 Å².